The van der Waals surface area contributed by atoms with Gasteiger partial charge in [0.25, 0.3) is 0 Å². The lowest BCUT2D eigenvalue weighted by atomic mass is 10.2. The highest BCUT2D eigenvalue weighted by molar-refractivity contribution is 6.03. The lowest BCUT2D eigenvalue weighted by Gasteiger charge is -1.98. The molecule has 0 radical (unpaired) electrons. The summed E-state index contributed by atoms with van der Waals surface area (Å²) in [6.45, 7) is 4.10. The molecule has 3 nitrogen and oxygen atoms in total. The fraction of sp³-hybridized carbons (Fsp3) is 0.455. The Kier molecular flexibility index (Phi) is 4.11. The van der Waals surface area contributed by atoms with Gasteiger partial charge in [0.1, 0.15) is 6.26 Å². The van der Waals surface area contributed by atoms with E-state index in [2.05, 4.69) is 11.9 Å². The Balaban J connectivity index is 2.39. The van der Waals surface area contributed by atoms with E-state index in [0.29, 0.717) is 18.0 Å². The minimum absolute atomic E-state index is 0.0470. The summed E-state index contributed by atoms with van der Waals surface area (Å²) in [7, 11) is 0. The van der Waals surface area contributed by atoms with Crippen molar-refractivity contribution in [3.63, 3.8) is 0 Å². The summed E-state index contributed by atoms with van der Waals surface area (Å²) >= 11 is 0. The van der Waals surface area contributed by atoms with Gasteiger partial charge in [-0.2, -0.15) is 0 Å². The molecule has 0 aliphatic rings. The van der Waals surface area contributed by atoms with Crippen LogP contribution in [0, 0.1) is 0 Å². The number of nitrogens with zero attached hydrogens (tertiary/aromatic N) is 1. The molecule has 0 amide bonds. The molecule has 1 aromatic heterocycles. The quantitative estimate of drug-likeness (QED) is 0.533. The predicted octanol–water partition coefficient (Wildman–Crippen LogP) is 2.72. The molecule has 1 rings (SSSR count). The first-order chi connectivity index (χ1) is 6.74. The first kappa shape index (κ1) is 10.7. The highest BCUT2D eigenvalue weighted by Crippen LogP contribution is 2.03. The number of furan rings is 1. The van der Waals surface area contributed by atoms with Crippen molar-refractivity contribution in [2.24, 2.45) is 4.99 Å². The van der Waals surface area contributed by atoms with Crippen molar-refractivity contribution in [1.29, 1.82) is 0 Å². The largest absolute Gasteiger partial charge is 0.472 e. The summed E-state index contributed by atoms with van der Waals surface area (Å²) in [4.78, 5) is 15.6. The van der Waals surface area contributed by atoms with Crippen LogP contribution in [-0.2, 0) is 0 Å². The van der Waals surface area contributed by atoms with Gasteiger partial charge in [-0.05, 0) is 19.4 Å². The SMILES string of the molecule is CCC(C)N=CCC(=O)c1ccoc1. The summed E-state index contributed by atoms with van der Waals surface area (Å²) in [5.41, 5.74) is 0.612. The first-order valence-corrected chi connectivity index (χ1v) is 4.81. The van der Waals surface area contributed by atoms with Gasteiger partial charge in [-0.15, -0.1) is 0 Å². The zero-order valence-corrected chi connectivity index (χ0v) is 8.56. The van der Waals surface area contributed by atoms with Crippen LogP contribution in [0.4, 0.5) is 0 Å². The molecule has 1 aromatic rings. The van der Waals surface area contributed by atoms with Gasteiger partial charge >= 0.3 is 0 Å². The standard InChI is InChI=1S/C11H15NO2/c1-3-9(2)12-6-4-11(13)10-5-7-14-8-10/h5-9H,3-4H2,1-2H3. The van der Waals surface area contributed by atoms with E-state index in [9.17, 15) is 4.79 Å². The highest BCUT2D eigenvalue weighted by Gasteiger charge is 2.04. The van der Waals surface area contributed by atoms with Crippen LogP contribution in [-0.4, -0.2) is 18.0 Å². The molecule has 76 valence electrons. The van der Waals surface area contributed by atoms with E-state index >= 15 is 0 Å². The molecule has 0 bridgehead atoms. The van der Waals surface area contributed by atoms with Crippen LogP contribution in [0.1, 0.15) is 37.0 Å². The van der Waals surface area contributed by atoms with E-state index in [1.54, 1.807) is 12.3 Å². The van der Waals surface area contributed by atoms with Crippen LogP contribution in [0.15, 0.2) is 28.0 Å². The average molecular weight is 193 g/mol. The average Bonchev–Trinajstić information content (AvgIpc) is 2.70. The molecule has 1 heterocycles. The third-order valence-corrected chi connectivity index (χ3v) is 2.07. The molecule has 1 atom stereocenters. The summed E-state index contributed by atoms with van der Waals surface area (Å²) in [5.74, 6) is 0.0470. The van der Waals surface area contributed by atoms with Crippen LogP contribution in [0.2, 0.25) is 0 Å². The number of rotatable bonds is 5. The molecule has 0 aliphatic heterocycles. The van der Waals surface area contributed by atoms with E-state index in [-0.39, 0.29) is 5.78 Å². The zero-order chi connectivity index (χ0) is 10.4. The van der Waals surface area contributed by atoms with Crippen LogP contribution < -0.4 is 0 Å². The summed E-state index contributed by atoms with van der Waals surface area (Å²) in [5, 5.41) is 0. The second-order valence-electron chi connectivity index (χ2n) is 3.23. The second kappa shape index (κ2) is 5.37. The lowest BCUT2D eigenvalue weighted by molar-refractivity contribution is 0.100. The topological polar surface area (TPSA) is 42.6 Å². The molecule has 0 aliphatic carbocycles. The number of Topliss-reactive ketones (excluding diaryl/α,β-unsaturated/α-hetero) is 1. The summed E-state index contributed by atoms with van der Waals surface area (Å²) in [6, 6.07) is 1.96. The Morgan fingerprint density at radius 1 is 1.71 bits per heavy atom. The van der Waals surface area contributed by atoms with Gasteiger partial charge in [-0.25, -0.2) is 0 Å². The van der Waals surface area contributed by atoms with Gasteiger partial charge in [-0.3, -0.25) is 9.79 Å². The van der Waals surface area contributed by atoms with Gasteiger partial charge in [0.2, 0.25) is 0 Å². The Morgan fingerprint density at radius 2 is 2.50 bits per heavy atom. The Morgan fingerprint density at radius 3 is 3.07 bits per heavy atom. The molecule has 0 saturated heterocycles. The molecule has 0 aromatic carbocycles. The molecule has 0 saturated carbocycles. The number of carbonyl (C=O) groups excluding carboxylic acids is 1. The lowest BCUT2D eigenvalue weighted by Crippen LogP contribution is -2.00. The van der Waals surface area contributed by atoms with Crippen LogP contribution in [0.3, 0.4) is 0 Å². The van der Waals surface area contributed by atoms with E-state index in [1.807, 2.05) is 6.92 Å². The van der Waals surface area contributed by atoms with E-state index < -0.39 is 0 Å². The Labute approximate surface area is 83.8 Å². The third kappa shape index (κ3) is 3.17. The van der Waals surface area contributed by atoms with Crippen molar-refractivity contribution in [3.05, 3.63) is 24.2 Å². The van der Waals surface area contributed by atoms with E-state index in [0.717, 1.165) is 6.42 Å². The molecule has 0 spiro atoms. The van der Waals surface area contributed by atoms with Crippen molar-refractivity contribution in [2.75, 3.05) is 0 Å². The van der Waals surface area contributed by atoms with Crippen LogP contribution >= 0.6 is 0 Å². The number of aliphatic imine (C=N–C) groups is 1. The van der Waals surface area contributed by atoms with Gasteiger partial charge in [-0.1, -0.05) is 6.92 Å². The minimum Gasteiger partial charge on any atom is -0.472 e. The van der Waals surface area contributed by atoms with Crippen molar-refractivity contribution in [3.8, 4) is 0 Å². The second-order valence-corrected chi connectivity index (χ2v) is 3.23. The zero-order valence-electron chi connectivity index (χ0n) is 8.56. The molecule has 14 heavy (non-hydrogen) atoms. The number of hydrogen-bond donors (Lipinski definition) is 0. The Hall–Kier alpha value is -1.38. The van der Waals surface area contributed by atoms with Crippen LogP contribution in [0.25, 0.3) is 0 Å². The van der Waals surface area contributed by atoms with Gasteiger partial charge < -0.3 is 4.42 Å². The summed E-state index contributed by atoms with van der Waals surface area (Å²) in [6.07, 6.45) is 5.99. The molecule has 0 fully saturated rings. The molecule has 0 N–H and O–H groups in total. The fourth-order valence-electron chi connectivity index (χ4n) is 0.962. The van der Waals surface area contributed by atoms with Gasteiger partial charge in [0.15, 0.2) is 5.78 Å². The smallest absolute Gasteiger partial charge is 0.171 e. The van der Waals surface area contributed by atoms with Crippen molar-refractivity contribution in [2.45, 2.75) is 32.7 Å². The van der Waals surface area contributed by atoms with Gasteiger partial charge in [0.05, 0.1) is 11.8 Å². The number of ketones is 1. The maximum Gasteiger partial charge on any atom is 0.171 e. The summed E-state index contributed by atoms with van der Waals surface area (Å²) < 4.78 is 4.82. The number of hydrogen-bond acceptors (Lipinski definition) is 3. The molecular weight excluding hydrogens is 178 g/mol. The fourth-order valence-corrected chi connectivity index (χ4v) is 0.962. The van der Waals surface area contributed by atoms with Crippen molar-refractivity contribution in [1.82, 2.24) is 0 Å². The molecule has 1 unspecified atom stereocenters. The van der Waals surface area contributed by atoms with E-state index in [4.69, 9.17) is 4.42 Å². The highest BCUT2D eigenvalue weighted by atomic mass is 16.3. The normalized spacial score (nSPS) is 13.3. The predicted molar refractivity (Wildman–Crippen MR) is 55.9 cm³/mol. The first-order valence-electron chi connectivity index (χ1n) is 4.81. The Bertz CT molecular complexity index is 301. The maximum atomic E-state index is 11.4. The van der Waals surface area contributed by atoms with Gasteiger partial charge in [0, 0.05) is 18.7 Å². The maximum absolute atomic E-state index is 11.4. The third-order valence-electron chi connectivity index (χ3n) is 2.07. The van der Waals surface area contributed by atoms with Crippen molar-refractivity contribution >= 4 is 12.0 Å². The molecular formula is C11H15NO2. The number of carbonyl (C=O) groups is 1. The van der Waals surface area contributed by atoms with Crippen LogP contribution in [0.5, 0.6) is 0 Å². The molecule has 3 heteroatoms. The van der Waals surface area contributed by atoms with E-state index in [1.165, 1.54) is 12.5 Å². The monoisotopic (exact) mass is 193 g/mol. The minimum atomic E-state index is 0.0470. The van der Waals surface area contributed by atoms with Crippen molar-refractivity contribution < 1.29 is 9.21 Å².